The molecule has 0 radical (unpaired) electrons. The fraction of sp³-hybridized carbons (Fsp3) is 0.385. The van der Waals surface area contributed by atoms with Crippen molar-refractivity contribution in [1.82, 2.24) is 0 Å². The lowest BCUT2D eigenvalue weighted by molar-refractivity contribution is -0.156. The van der Waals surface area contributed by atoms with Crippen molar-refractivity contribution in [3.63, 3.8) is 0 Å². The van der Waals surface area contributed by atoms with E-state index in [-0.39, 0.29) is 0 Å². The number of hydrogen-bond acceptors (Lipinski definition) is 3. The molecule has 0 saturated carbocycles. The molecule has 17 heavy (non-hydrogen) atoms. The molecule has 0 unspecified atom stereocenters. The van der Waals surface area contributed by atoms with E-state index in [1.165, 1.54) is 0 Å². The number of aliphatic carboxylic acids is 1. The molecule has 0 atom stereocenters. The second kappa shape index (κ2) is 5.48. The first-order chi connectivity index (χ1) is 8.07. The Balaban J connectivity index is 2.93. The number of carboxylic acid groups (broad SMARTS) is 1. The van der Waals surface area contributed by atoms with E-state index in [1.54, 1.807) is 38.1 Å². The van der Waals surface area contributed by atoms with Crippen LogP contribution in [0.4, 0.5) is 0 Å². The Morgan fingerprint density at radius 3 is 2.18 bits per heavy atom. The normalized spacial score (nSPS) is 10.9. The van der Waals surface area contributed by atoms with Crippen LogP contribution >= 0.6 is 0 Å². The summed E-state index contributed by atoms with van der Waals surface area (Å²) >= 11 is 0. The van der Waals surface area contributed by atoms with E-state index >= 15 is 0 Å². The minimum atomic E-state index is -1.19. The molecular weight excluding hydrogens is 220 g/mol. The molecule has 0 aliphatic carbocycles. The lowest BCUT2D eigenvalue weighted by Gasteiger charge is -2.28. The quantitative estimate of drug-likeness (QED) is 0.771. The smallest absolute Gasteiger partial charge is 0.348 e. The van der Waals surface area contributed by atoms with Crippen molar-refractivity contribution >= 4 is 12.3 Å². The highest BCUT2D eigenvalue weighted by Crippen LogP contribution is 2.25. The van der Waals surface area contributed by atoms with Gasteiger partial charge in [0, 0.05) is 5.56 Å². The van der Waals surface area contributed by atoms with E-state index in [2.05, 4.69) is 0 Å². The highest BCUT2D eigenvalue weighted by molar-refractivity contribution is 5.78. The molecule has 0 aromatic heterocycles. The summed E-state index contributed by atoms with van der Waals surface area (Å²) < 4.78 is 5.55. The fourth-order valence-electron chi connectivity index (χ4n) is 1.58. The standard InChI is InChI=1S/C13H16O4/c1-3-13(4-2,12(15)16)17-11-7-5-10(9-14)6-8-11/h5-9H,3-4H2,1-2H3,(H,15,16). The zero-order chi connectivity index (χ0) is 12.9. The molecule has 0 amide bonds. The highest BCUT2D eigenvalue weighted by Gasteiger charge is 2.37. The summed E-state index contributed by atoms with van der Waals surface area (Å²) in [4.78, 5) is 21.7. The first-order valence-electron chi connectivity index (χ1n) is 5.55. The molecule has 1 N–H and O–H groups in total. The Morgan fingerprint density at radius 1 is 1.29 bits per heavy atom. The summed E-state index contributed by atoms with van der Waals surface area (Å²) in [7, 11) is 0. The number of benzene rings is 1. The van der Waals surface area contributed by atoms with Gasteiger partial charge in [-0.1, -0.05) is 13.8 Å². The molecule has 0 aliphatic heterocycles. The average molecular weight is 236 g/mol. The minimum Gasteiger partial charge on any atom is -0.478 e. The van der Waals surface area contributed by atoms with Crippen molar-refractivity contribution in [1.29, 1.82) is 0 Å². The molecule has 1 aromatic rings. The Kier molecular flexibility index (Phi) is 4.26. The van der Waals surface area contributed by atoms with Crippen molar-refractivity contribution in [2.45, 2.75) is 32.3 Å². The largest absolute Gasteiger partial charge is 0.478 e. The molecule has 0 bridgehead atoms. The average Bonchev–Trinajstić information content (AvgIpc) is 2.36. The molecule has 0 spiro atoms. The van der Waals surface area contributed by atoms with Gasteiger partial charge in [-0.2, -0.15) is 0 Å². The third kappa shape index (κ3) is 2.84. The van der Waals surface area contributed by atoms with E-state index in [0.717, 1.165) is 6.29 Å². The Morgan fingerprint density at radius 2 is 1.82 bits per heavy atom. The topological polar surface area (TPSA) is 63.6 Å². The van der Waals surface area contributed by atoms with Crippen molar-refractivity contribution in [3.8, 4) is 5.75 Å². The first-order valence-corrected chi connectivity index (χ1v) is 5.55. The summed E-state index contributed by atoms with van der Waals surface area (Å²) in [5.41, 5.74) is -0.658. The second-order valence-electron chi connectivity index (χ2n) is 3.80. The molecule has 1 rings (SSSR count). The van der Waals surface area contributed by atoms with Gasteiger partial charge in [-0.3, -0.25) is 4.79 Å². The maximum Gasteiger partial charge on any atom is 0.348 e. The summed E-state index contributed by atoms with van der Waals surface area (Å²) in [5.74, 6) is -0.510. The lowest BCUT2D eigenvalue weighted by Crippen LogP contribution is -2.43. The Bertz CT molecular complexity index is 390. The van der Waals surface area contributed by atoms with Crippen LogP contribution in [0.1, 0.15) is 37.0 Å². The van der Waals surface area contributed by atoms with Crippen LogP contribution in [0, 0.1) is 0 Å². The van der Waals surface area contributed by atoms with Gasteiger partial charge in [0.05, 0.1) is 0 Å². The van der Waals surface area contributed by atoms with Crippen molar-refractivity contribution in [2.75, 3.05) is 0 Å². The van der Waals surface area contributed by atoms with E-state index in [0.29, 0.717) is 24.2 Å². The molecular formula is C13H16O4. The van der Waals surface area contributed by atoms with Gasteiger partial charge >= 0.3 is 5.97 Å². The van der Waals surface area contributed by atoms with Crippen LogP contribution in [0.5, 0.6) is 5.75 Å². The van der Waals surface area contributed by atoms with E-state index in [9.17, 15) is 14.7 Å². The van der Waals surface area contributed by atoms with Crippen LogP contribution in [0.3, 0.4) is 0 Å². The number of aldehydes is 1. The van der Waals surface area contributed by atoms with Crippen LogP contribution in [-0.4, -0.2) is 23.0 Å². The maximum atomic E-state index is 11.2. The van der Waals surface area contributed by atoms with Crippen LogP contribution < -0.4 is 4.74 Å². The molecule has 1 aromatic carbocycles. The fourth-order valence-corrected chi connectivity index (χ4v) is 1.58. The predicted octanol–water partition coefficient (Wildman–Crippen LogP) is 2.52. The number of carbonyl (C=O) groups excluding carboxylic acids is 1. The Hall–Kier alpha value is -1.84. The van der Waals surface area contributed by atoms with Crippen molar-refractivity contribution < 1.29 is 19.4 Å². The number of hydrogen-bond donors (Lipinski definition) is 1. The SMILES string of the molecule is CCC(CC)(Oc1ccc(C=O)cc1)C(=O)O. The van der Waals surface area contributed by atoms with Gasteiger partial charge in [0.25, 0.3) is 0 Å². The summed E-state index contributed by atoms with van der Waals surface area (Å²) in [6.07, 6.45) is 1.50. The summed E-state index contributed by atoms with van der Waals surface area (Å²) in [6.45, 7) is 3.55. The van der Waals surface area contributed by atoms with Gasteiger partial charge < -0.3 is 9.84 Å². The van der Waals surface area contributed by atoms with E-state index in [1.807, 2.05) is 0 Å². The zero-order valence-corrected chi connectivity index (χ0v) is 9.97. The van der Waals surface area contributed by atoms with Crippen LogP contribution in [0.15, 0.2) is 24.3 Å². The summed E-state index contributed by atoms with van der Waals surface area (Å²) in [5, 5.41) is 9.20. The summed E-state index contributed by atoms with van der Waals surface area (Å²) in [6, 6.07) is 6.40. The van der Waals surface area contributed by atoms with Gasteiger partial charge in [-0.25, -0.2) is 4.79 Å². The lowest BCUT2D eigenvalue weighted by atomic mass is 9.97. The van der Waals surface area contributed by atoms with Crippen molar-refractivity contribution in [3.05, 3.63) is 29.8 Å². The number of ether oxygens (including phenoxy) is 1. The van der Waals surface area contributed by atoms with Crippen molar-refractivity contribution in [2.24, 2.45) is 0 Å². The van der Waals surface area contributed by atoms with E-state index < -0.39 is 11.6 Å². The van der Waals surface area contributed by atoms with Gasteiger partial charge in [0.2, 0.25) is 5.60 Å². The predicted molar refractivity (Wildman–Crippen MR) is 63.4 cm³/mol. The van der Waals surface area contributed by atoms with Gasteiger partial charge in [0.15, 0.2) is 0 Å². The number of carboxylic acids is 1. The molecule has 0 aliphatic rings. The first kappa shape index (κ1) is 13.2. The molecule has 92 valence electrons. The molecule has 4 heteroatoms. The molecule has 0 saturated heterocycles. The van der Waals surface area contributed by atoms with E-state index in [4.69, 9.17) is 4.74 Å². The molecule has 4 nitrogen and oxygen atoms in total. The second-order valence-corrected chi connectivity index (χ2v) is 3.80. The molecule has 0 fully saturated rings. The van der Waals surface area contributed by atoms with Gasteiger partial charge in [-0.05, 0) is 37.1 Å². The number of carbonyl (C=O) groups is 2. The maximum absolute atomic E-state index is 11.2. The third-order valence-electron chi connectivity index (χ3n) is 2.86. The monoisotopic (exact) mass is 236 g/mol. The minimum absolute atomic E-state index is 0.383. The third-order valence-corrected chi connectivity index (χ3v) is 2.86. The van der Waals surface area contributed by atoms with Crippen LogP contribution in [0.2, 0.25) is 0 Å². The van der Waals surface area contributed by atoms with Crippen LogP contribution in [-0.2, 0) is 4.79 Å². The number of rotatable bonds is 6. The van der Waals surface area contributed by atoms with Gasteiger partial charge in [0.1, 0.15) is 12.0 Å². The highest BCUT2D eigenvalue weighted by atomic mass is 16.5. The van der Waals surface area contributed by atoms with Crippen LogP contribution in [0.25, 0.3) is 0 Å². The Labute approximate surface area is 100 Å². The zero-order valence-electron chi connectivity index (χ0n) is 9.97. The van der Waals surface area contributed by atoms with Gasteiger partial charge in [-0.15, -0.1) is 0 Å². The molecule has 0 heterocycles.